The molecule has 0 aromatic carbocycles. The van der Waals surface area contributed by atoms with Crippen LogP contribution in [0.5, 0.6) is 0 Å². The zero-order valence-corrected chi connectivity index (χ0v) is 8.98. The summed E-state index contributed by atoms with van der Waals surface area (Å²) in [5, 5.41) is 0. The smallest absolute Gasteiger partial charge is 0.0232 e. The van der Waals surface area contributed by atoms with Gasteiger partial charge in [-0.05, 0) is 36.0 Å². The van der Waals surface area contributed by atoms with Gasteiger partial charge in [0, 0.05) is 0 Å². The highest BCUT2D eigenvalue weighted by atomic mass is 14.6. The van der Waals surface area contributed by atoms with E-state index in [1.54, 1.807) is 0 Å². The molecule has 1 aliphatic carbocycles. The van der Waals surface area contributed by atoms with Crippen LogP contribution in [-0.2, 0) is 0 Å². The van der Waals surface area contributed by atoms with Crippen molar-refractivity contribution < 1.29 is 0 Å². The van der Waals surface area contributed by atoms with Crippen LogP contribution in [-0.4, -0.2) is 0 Å². The van der Waals surface area contributed by atoms with Crippen molar-refractivity contribution in [3.05, 3.63) is 12.7 Å². The van der Waals surface area contributed by atoms with E-state index in [0.717, 1.165) is 5.92 Å². The van der Waals surface area contributed by atoms with Crippen molar-refractivity contribution in [3.8, 4) is 0 Å². The molecule has 0 aromatic heterocycles. The van der Waals surface area contributed by atoms with Gasteiger partial charge in [0.25, 0.3) is 0 Å². The molecule has 0 spiro atoms. The van der Waals surface area contributed by atoms with E-state index >= 15 is 0 Å². The molecule has 0 heteroatoms. The van der Waals surface area contributed by atoms with E-state index in [-0.39, 0.29) is 0 Å². The van der Waals surface area contributed by atoms with Gasteiger partial charge in [0.15, 0.2) is 0 Å². The Bertz CT molecular complexity index is 182. The first-order valence-corrected chi connectivity index (χ1v) is 5.11. The highest BCUT2D eigenvalue weighted by Gasteiger charge is 2.55. The minimum atomic E-state index is 0.531. The Morgan fingerprint density at radius 1 is 1.50 bits per heavy atom. The second-order valence-corrected chi connectivity index (χ2v) is 4.93. The molecule has 0 nitrogen and oxygen atoms in total. The molecule has 1 rings (SSSR count). The van der Waals surface area contributed by atoms with E-state index in [4.69, 9.17) is 0 Å². The quantitative estimate of drug-likeness (QED) is 0.555. The van der Waals surface area contributed by atoms with Crippen LogP contribution < -0.4 is 0 Å². The number of allylic oxidation sites excluding steroid dienone is 1. The Morgan fingerprint density at radius 2 is 2.08 bits per heavy atom. The summed E-state index contributed by atoms with van der Waals surface area (Å²) in [6.45, 7) is 13.4. The Balaban J connectivity index is 2.75. The molecule has 1 fully saturated rings. The van der Waals surface area contributed by atoms with Crippen molar-refractivity contribution in [1.29, 1.82) is 0 Å². The third-order valence-corrected chi connectivity index (χ3v) is 4.55. The standard InChI is InChI=1S/C12H22/c1-6-8-11(4)9-10(3)12(11,5)7-2/h6,10H,1,7-9H2,2-5H3. The average Bonchev–Trinajstić information content (AvgIpc) is 2.03. The summed E-state index contributed by atoms with van der Waals surface area (Å²) in [7, 11) is 0. The Labute approximate surface area is 77.1 Å². The first-order valence-electron chi connectivity index (χ1n) is 5.11. The van der Waals surface area contributed by atoms with Gasteiger partial charge in [0.05, 0.1) is 0 Å². The van der Waals surface area contributed by atoms with Gasteiger partial charge in [0.2, 0.25) is 0 Å². The zero-order valence-electron chi connectivity index (χ0n) is 8.98. The second kappa shape index (κ2) is 2.90. The van der Waals surface area contributed by atoms with Crippen molar-refractivity contribution in [3.63, 3.8) is 0 Å². The van der Waals surface area contributed by atoms with Gasteiger partial charge in [-0.25, -0.2) is 0 Å². The van der Waals surface area contributed by atoms with Crippen LogP contribution in [0.1, 0.15) is 47.0 Å². The SMILES string of the molecule is C=CCC1(C)CC(C)C1(C)CC. The Kier molecular flexibility index (Phi) is 2.38. The molecule has 0 heterocycles. The van der Waals surface area contributed by atoms with E-state index in [1.165, 1.54) is 19.3 Å². The molecule has 0 radical (unpaired) electrons. The third kappa shape index (κ3) is 1.04. The third-order valence-electron chi connectivity index (χ3n) is 4.55. The average molecular weight is 166 g/mol. The molecule has 0 aliphatic heterocycles. The lowest BCUT2D eigenvalue weighted by atomic mass is 9.44. The Morgan fingerprint density at radius 3 is 2.42 bits per heavy atom. The first-order chi connectivity index (χ1) is 5.50. The van der Waals surface area contributed by atoms with Crippen LogP contribution in [0.3, 0.4) is 0 Å². The van der Waals surface area contributed by atoms with Gasteiger partial charge >= 0.3 is 0 Å². The summed E-state index contributed by atoms with van der Waals surface area (Å²) in [6, 6.07) is 0. The normalized spacial score (nSPS) is 46.8. The summed E-state index contributed by atoms with van der Waals surface area (Å²) in [6.07, 6.45) is 5.95. The molecular weight excluding hydrogens is 144 g/mol. The minimum Gasteiger partial charge on any atom is -0.103 e. The molecule has 3 unspecified atom stereocenters. The van der Waals surface area contributed by atoms with Gasteiger partial charge in [-0.3, -0.25) is 0 Å². The fourth-order valence-electron chi connectivity index (χ4n) is 3.01. The monoisotopic (exact) mass is 166 g/mol. The second-order valence-electron chi connectivity index (χ2n) is 4.93. The van der Waals surface area contributed by atoms with Crippen LogP contribution in [0.2, 0.25) is 0 Å². The maximum atomic E-state index is 3.85. The van der Waals surface area contributed by atoms with E-state index < -0.39 is 0 Å². The van der Waals surface area contributed by atoms with Crippen molar-refractivity contribution in [2.24, 2.45) is 16.7 Å². The van der Waals surface area contributed by atoms with Gasteiger partial charge in [-0.2, -0.15) is 0 Å². The summed E-state index contributed by atoms with van der Waals surface area (Å²) in [5.41, 5.74) is 1.09. The number of hydrogen-bond acceptors (Lipinski definition) is 0. The fraction of sp³-hybridized carbons (Fsp3) is 0.833. The molecule has 1 aliphatic rings. The maximum Gasteiger partial charge on any atom is -0.0232 e. The van der Waals surface area contributed by atoms with E-state index in [1.807, 2.05) is 0 Å². The largest absolute Gasteiger partial charge is 0.103 e. The van der Waals surface area contributed by atoms with Crippen LogP contribution in [0.25, 0.3) is 0 Å². The molecule has 0 saturated heterocycles. The van der Waals surface area contributed by atoms with Crippen molar-refractivity contribution >= 4 is 0 Å². The molecule has 0 N–H and O–H groups in total. The number of hydrogen-bond donors (Lipinski definition) is 0. The van der Waals surface area contributed by atoms with E-state index in [2.05, 4.69) is 40.3 Å². The molecule has 3 atom stereocenters. The zero-order chi connectivity index (χ0) is 9.41. The molecule has 0 bridgehead atoms. The molecular formula is C12H22. The van der Waals surface area contributed by atoms with Crippen LogP contribution in [0.15, 0.2) is 12.7 Å². The lowest BCUT2D eigenvalue weighted by Crippen LogP contribution is -2.53. The summed E-state index contributed by atoms with van der Waals surface area (Å²) < 4.78 is 0. The van der Waals surface area contributed by atoms with Crippen molar-refractivity contribution in [2.75, 3.05) is 0 Å². The van der Waals surface area contributed by atoms with Crippen LogP contribution in [0, 0.1) is 16.7 Å². The van der Waals surface area contributed by atoms with Crippen LogP contribution >= 0.6 is 0 Å². The van der Waals surface area contributed by atoms with E-state index in [9.17, 15) is 0 Å². The van der Waals surface area contributed by atoms with Gasteiger partial charge in [-0.1, -0.05) is 33.8 Å². The fourth-order valence-corrected chi connectivity index (χ4v) is 3.01. The minimum absolute atomic E-state index is 0.531. The highest BCUT2D eigenvalue weighted by molar-refractivity contribution is 5.07. The highest BCUT2D eigenvalue weighted by Crippen LogP contribution is 2.63. The molecule has 0 amide bonds. The Hall–Kier alpha value is -0.260. The summed E-state index contributed by atoms with van der Waals surface area (Å²) in [4.78, 5) is 0. The van der Waals surface area contributed by atoms with Crippen LogP contribution in [0.4, 0.5) is 0 Å². The van der Waals surface area contributed by atoms with Gasteiger partial charge in [-0.15, -0.1) is 6.58 Å². The maximum absolute atomic E-state index is 3.85. The predicted octanol–water partition coefficient (Wildman–Crippen LogP) is 4.02. The number of rotatable bonds is 3. The lowest BCUT2D eigenvalue weighted by molar-refractivity contribution is -0.113. The summed E-state index contributed by atoms with van der Waals surface area (Å²) in [5.74, 6) is 0.896. The topological polar surface area (TPSA) is 0 Å². The van der Waals surface area contributed by atoms with Crippen molar-refractivity contribution in [1.82, 2.24) is 0 Å². The summed E-state index contributed by atoms with van der Waals surface area (Å²) >= 11 is 0. The molecule has 1 saturated carbocycles. The van der Waals surface area contributed by atoms with Crippen molar-refractivity contribution in [2.45, 2.75) is 47.0 Å². The molecule has 70 valence electrons. The van der Waals surface area contributed by atoms with Gasteiger partial charge in [0.1, 0.15) is 0 Å². The lowest BCUT2D eigenvalue weighted by Gasteiger charge is -2.61. The first kappa shape index (κ1) is 9.83. The van der Waals surface area contributed by atoms with E-state index in [0.29, 0.717) is 10.8 Å². The predicted molar refractivity (Wildman–Crippen MR) is 55.1 cm³/mol. The molecule has 0 aromatic rings. The molecule has 12 heavy (non-hydrogen) atoms. The van der Waals surface area contributed by atoms with Gasteiger partial charge < -0.3 is 0 Å².